The van der Waals surface area contributed by atoms with Gasteiger partial charge in [-0.15, -0.1) is 11.8 Å². The third-order valence-corrected chi connectivity index (χ3v) is 4.74. The first-order chi connectivity index (χ1) is 8.22. The lowest BCUT2D eigenvalue weighted by atomic mass is 9.93. The third-order valence-electron chi connectivity index (χ3n) is 3.37. The number of aliphatic hydroxyl groups excluding tert-OH is 1. The molecule has 1 N–H and O–H groups in total. The van der Waals surface area contributed by atoms with E-state index in [1.54, 1.807) is 23.9 Å². The molecular formula is C13H14FNOS. The van der Waals surface area contributed by atoms with Crippen LogP contribution < -0.4 is 0 Å². The van der Waals surface area contributed by atoms with Crippen LogP contribution in [0.5, 0.6) is 0 Å². The average molecular weight is 251 g/mol. The second-order valence-corrected chi connectivity index (χ2v) is 5.86. The molecule has 0 spiro atoms. The SMILES string of the molecule is OC1CCC2N=C(c3ccc(F)cc3)SC2C1. The Morgan fingerprint density at radius 1 is 1.24 bits per heavy atom. The summed E-state index contributed by atoms with van der Waals surface area (Å²) in [6.45, 7) is 0. The van der Waals surface area contributed by atoms with Gasteiger partial charge in [-0.05, 0) is 43.5 Å². The van der Waals surface area contributed by atoms with Crippen LogP contribution in [0.25, 0.3) is 0 Å². The van der Waals surface area contributed by atoms with Crippen LogP contribution in [0.4, 0.5) is 4.39 Å². The lowest BCUT2D eigenvalue weighted by Gasteiger charge is -2.26. The molecule has 1 aliphatic carbocycles. The number of aliphatic imine (C=N–C) groups is 1. The van der Waals surface area contributed by atoms with Gasteiger partial charge in [-0.2, -0.15) is 0 Å². The zero-order chi connectivity index (χ0) is 11.8. The zero-order valence-electron chi connectivity index (χ0n) is 9.34. The second kappa shape index (κ2) is 4.42. The summed E-state index contributed by atoms with van der Waals surface area (Å²) in [4.78, 5) is 4.69. The van der Waals surface area contributed by atoms with Crippen LogP contribution in [0.2, 0.25) is 0 Å². The lowest BCUT2D eigenvalue weighted by Crippen LogP contribution is -2.30. The number of hydrogen-bond donors (Lipinski definition) is 1. The summed E-state index contributed by atoms with van der Waals surface area (Å²) in [5, 5.41) is 11.0. The molecule has 0 bridgehead atoms. The van der Waals surface area contributed by atoms with Crippen LogP contribution in [0.3, 0.4) is 0 Å². The Hall–Kier alpha value is -0.870. The molecule has 3 unspecified atom stereocenters. The number of fused-ring (bicyclic) bond motifs is 1. The minimum atomic E-state index is -0.217. The van der Waals surface area contributed by atoms with Gasteiger partial charge in [0.2, 0.25) is 0 Å². The molecule has 0 amide bonds. The van der Waals surface area contributed by atoms with E-state index < -0.39 is 0 Å². The van der Waals surface area contributed by atoms with Gasteiger partial charge in [0.25, 0.3) is 0 Å². The Morgan fingerprint density at radius 3 is 2.76 bits per heavy atom. The number of benzene rings is 1. The molecule has 1 aromatic carbocycles. The van der Waals surface area contributed by atoms with E-state index in [4.69, 9.17) is 4.99 Å². The van der Waals surface area contributed by atoms with Crippen molar-refractivity contribution in [1.82, 2.24) is 0 Å². The van der Waals surface area contributed by atoms with Crippen molar-refractivity contribution in [2.45, 2.75) is 36.7 Å². The van der Waals surface area contributed by atoms with Crippen LogP contribution in [0.1, 0.15) is 24.8 Å². The van der Waals surface area contributed by atoms with Gasteiger partial charge in [-0.25, -0.2) is 4.39 Å². The van der Waals surface area contributed by atoms with E-state index in [2.05, 4.69) is 0 Å². The lowest BCUT2D eigenvalue weighted by molar-refractivity contribution is 0.127. The van der Waals surface area contributed by atoms with Crippen molar-refractivity contribution < 1.29 is 9.50 Å². The molecule has 4 heteroatoms. The molecule has 1 aliphatic heterocycles. The van der Waals surface area contributed by atoms with Crippen molar-refractivity contribution in [1.29, 1.82) is 0 Å². The highest BCUT2D eigenvalue weighted by atomic mass is 32.2. The van der Waals surface area contributed by atoms with Crippen molar-refractivity contribution in [3.63, 3.8) is 0 Å². The van der Waals surface area contributed by atoms with Crippen LogP contribution >= 0.6 is 11.8 Å². The van der Waals surface area contributed by atoms with Crippen LogP contribution in [0.15, 0.2) is 29.3 Å². The smallest absolute Gasteiger partial charge is 0.123 e. The van der Waals surface area contributed by atoms with E-state index in [1.807, 2.05) is 0 Å². The number of rotatable bonds is 1. The summed E-state index contributed by atoms with van der Waals surface area (Å²) in [6, 6.07) is 6.82. The quantitative estimate of drug-likeness (QED) is 0.832. The highest BCUT2D eigenvalue weighted by molar-refractivity contribution is 8.15. The van der Waals surface area contributed by atoms with Gasteiger partial charge in [0, 0.05) is 10.8 Å². The average Bonchev–Trinajstić information content (AvgIpc) is 2.72. The van der Waals surface area contributed by atoms with Gasteiger partial charge in [0.05, 0.1) is 17.2 Å². The first-order valence-corrected chi connectivity index (χ1v) is 6.79. The predicted octanol–water partition coefficient (Wildman–Crippen LogP) is 2.60. The Kier molecular flexibility index (Phi) is 2.92. The molecular weight excluding hydrogens is 237 g/mol. The summed E-state index contributed by atoms with van der Waals surface area (Å²) < 4.78 is 12.8. The molecule has 1 fully saturated rings. The Balaban J connectivity index is 1.80. The van der Waals surface area contributed by atoms with E-state index >= 15 is 0 Å². The first-order valence-electron chi connectivity index (χ1n) is 5.91. The molecule has 1 saturated carbocycles. The Bertz CT molecular complexity index is 445. The van der Waals surface area contributed by atoms with Gasteiger partial charge in [0.15, 0.2) is 0 Å². The summed E-state index contributed by atoms with van der Waals surface area (Å²) in [5.74, 6) is -0.217. The number of aliphatic hydroxyl groups is 1. The molecule has 17 heavy (non-hydrogen) atoms. The summed E-state index contributed by atoms with van der Waals surface area (Å²) in [7, 11) is 0. The van der Waals surface area contributed by atoms with Gasteiger partial charge in [-0.1, -0.05) is 0 Å². The van der Waals surface area contributed by atoms with Gasteiger partial charge < -0.3 is 5.11 Å². The van der Waals surface area contributed by atoms with Crippen molar-refractivity contribution in [3.8, 4) is 0 Å². The minimum absolute atomic E-state index is 0.175. The van der Waals surface area contributed by atoms with E-state index in [0.717, 1.165) is 29.9 Å². The van der Waals surface area contributed by atoms with Crippen LogP contribution in [-0.4, -0.2) is 27.5 Å². The summed E-state index contributed by atoms with van der Waals surface area (Å²) in [5.41, 5.74) is 0.986. The predicted molar refractivity (Wildman–Crippen MR) is 68.0 cm³/mol. The molecule has 0 radical (unpaired) electrons. The maximum Gasteiger partial charge on any atom is 0.123 e. The molecule has 90 valence electrons. The van der Waals surface area contributed by atoms with Crippen LogP contribution in [0, 0.1) is 5.82 Å². The van der Waals surface area contributed by atoms with Gasteiger partial charge in [0.1, 0.15) is 5.82 Å². The van der Waals surface area contributed by atoms with Crippen molar-refractivity contribution in [2.24, 2.45) is 4.99 Å². The Labute approximate surface area is 104 Å². The maximum atomic E-state index is 12.8. The summed E-state index contributed by atoms with van der Waals surface area (Å²) >= 11 is 1.72. The van der Waals surface area contributed by atoms with E-state index in [0.29, 0.717) is 11.3 Å². The van der Waals surface area contributed by atoms with E-state index in [9.17, 15) is 9.50 Å². The van der Waals surface area contributed by atoms with Crippen molar-refractivity contribution in [2.75, 3.05) is 0 Å². The number of thioether (sulfide) groups is 1. The second-order valence-electron chi connectivity index (χ2n) is 4.63. The summed E-state index contributed by atoms with van der Waals surface area (Å²) in [6.07, 6.45) is 2.46. The Morgan fingerprint density at radius 2 is 2.00 bits per heavy atom. The molecule has 3 atom stereocenters. The number of halogens is 1. The van der Waals surface area contributed by atoms with E-state index in [1.165, 1.54) is 12.1 Å². The molecule has 0 saturated heterocycles. The minimum Gasteiger partial charge on any atom is -0.393 e. The van der Waals surface area contributed by atoms with Gasteiger partial charge >= 0.3 is 0 Å². The zero-order valence-corrected chi connectivity index (χ0v) is 10.2. The molecule has 1 heterocycles. The topological polar surface area (TPSA) is 32.6 Å². The molecule has 1 aromatic rings. The fourth-order valence-corrected chi connectivity index (χ4v) is 3.85. The highest BCUT2D eigenvalue weighted by Crippen LogP contribution is 2.38. The highest BCUT2D eigenvalue weighted by Gasteiger charge is 2.35. The largest absolute Gasteiger partial charge is 0.393 e. The fraction of sp³-hybridized carbons (Fsp3) is 0.462. The normalized spacial score (nSPS) is 32.1. The molecule has 2 nitrogen and oxygen atoms in total. The third kappa shape index (κ3) is 2.24. The molecule has 2 aliphatic rings. The fourth-order valence-electron chi connectivity index (χ4n) is 2.43. The monoisotopic (exact) mass is 251 g/mol. The maximum absolute atomic E-state index is 12.8. The number of nitrogens with zero attached hydrogens (tertiary/aromatic N) is 1. The molecule has 3 rings (SSSR count). The van der Waals surface area contributed by atoms with Crippen molar-refractivity contribution >= 4 is 16.8 Å². The van der Waals surface area contributed by atoms with Crippen molar-refractivity contribution in [3.05, 3.63) is 35.6 Å². The van der Waals surface area contributed by atoms with Crippen LogP contribution in [-0.2, 0) is 0 Å². The molecule has 0 aromatic heterocycles. The standard InChI is InChI=1S/C13H14FNOS/c14-9-3-1-8(2-4-9)13-15-11-6-5-10(16)7-12(11)17-13/h1-4,10-12,16H,5-7H2. The first kappa shape index (κ1) is 11.2. The number of hydrogen-bond acceptors (Lipinski definition) is 3. The van der Waals surface area contributed by atoms with Gasteiger partial charge in [-0.3, -0.25) is 4.99 Å². The van der Waals surface area contributed by atoms with E-state index in [-0.39, 0.29) is 11.9 Å².